The van der Waals surface area contributed by atoms with Crippen molar-refractivity contribution in [2.45, 2.75) is 45.4 Å². The Hall–Kier alpha value is -2.09. The number of benzene rings is 1. The predicted octanol–water partition coefficient (Wildman–Crippen LogP) is 2.70. The molecule has 1 radical (unpaired) electrons. The quantitative estimate of drug-likeness (QED) is 0.525. The SMILES string of the molecule is CCOC(=O)C1CCC[N+](C(=O)c2cccc([C]=O)c2)(N2CCC(C3CCNCC3)CC2)C1. The Kier molecular flexibility index (Phi) is 7.94. The van der Waals surface area contributed by atoms with Gasteiger partial charge in [0.05, 0.1) is 12.2 Å². The molecule has 0 spiro atoms. The molecule has 1 amide bonds. The van der Waals surface area contributed by atoms with Gasteiger partial charge < -0.3 is 10.1 Å². The largest absolute Gasteiger partial charge is 0.466 e. The van der Waals surface area contributed by atoms with Crippen molar-refractivity contribution in [3.05, 3.63) is 35.4 Å². The van der Waals surface area contributed by atoms with Crippen LogP contribution in [-0.4, -0.2) is 73.6 Å². The minimum Gasteiger partial charge on any atom is -0.466 e. The Morgan fingerprint density at radius 1 is 1.12 bits per heavy atom. The van der Waals surface area contributed by atoms with Crippen LogP contribution in [0.5, 0.6) is 0 Å². The van der Waals surface area contributed by atoms with Crippen LogP contribution in [0, 0.1) is 17.8 Å². The number of esters is 1. The maximum Gasteiger partial charge on any atom is 0.365 e. The molecule has 1 N–H and O–H groups in total. The monoisotopic (exact) mass is 455 g/mol. The zero-order valence-corrected chi connectivity index (χ0v) is 19.8. The van der Waals surface area contributed by atoms with Gasteiger partial charge in [-0.15, -0.1) is 5.01 Å². The van der Waals surface area contributed by atoms with Crippen LogP contribution in [0.15, 0.2) is 24.3 Å². The van der Waals surface area contributed by atoms with Gasteiger partial charge in [-0.2, -0.15) is 4.59 Å². The van der Waals surface area contributed by atoms with E-state index in [-0.39, 0.29) is 22.4 Å². The van der Waals surface area contributed by atoms with Crippen molar-refractivity contribution in [3.63, 3.8) is 0 Å². The number of likely N-dealkylation sites (tertiary alicyclic amines) is 1. The predicted molar refractivity (Wildman–Crippen MR) is 125 cm³/mol. The van der Waals surface area contributed by atoms with Crippen LogP contribution in [0.25, 0.3) is 0 Å². The molecule has 2 unspecified atom stereocenters. The van der Waals surface area contributed by atoms with Crippen molar-refractivity contribution < 1.29 is 23.7 Å². The van der Waals surface area contributed by atoms with Gasteiger partial charge in [-0.3, -0.25) is 9.59 Å². The summed E-state index contributed by atoms with van der Waals surface area (Å²) in [5.41, 5.74) is 0.892. The van der Waals surface area contributed by atoms with E-state index in [1.807, 2.05) is 13.2 Å². The first-order chi connectivity index (χ1) is 16.1. The van der Waals surface area contributed by atoms with Crippen LogP contribution in [-0.2, 0) is 14.3 Å². The molecule has 7 nitrogen and oxygen atoms in total. The van der Waals surface area contributed by atoms with Gasteiger partial charge in [-0.05, 0) is 82.5 Å². The Bertz CT molecular complexity index is 846. The first-order valence-electron chi connectivity index (χ1n) is 12.6. The van der Waals surface area contributed by atoms with Gasteiger partial charge in [0.2, 0.25) is 6.29 Å². The third-order valence-electron chi connectivity index (χ3n) is 7.94. The molecule has 3 fully saturated rings. The van der Waals surface area contributed by atoms with E-state index < -0.39 is 0 Å². The minimum atomic E-state index is -0.286. The number of ether oxygens (including phenoxy) is 1. The molecule has 179 valence electrons. The molecule has 1 aromatic carbocycles. The summed E-state index contributed by atoms with van der Waals surface area (Å²) in [6.07, 6.45) is 8.10. The molecule has 3 heterocycles. The zero-order valence-electron chi connectivity index (χ0n) is 19.8. The second-order valence-corrected chi connectivity index (χ2v) is 9.79. The van der Waals surface area contributed by atoms with E-state index in [1.165, 1.54) is 12.8 Å². The first-order valence-corrected chi connectivity index (χ1v) is 12.6. The molecule has 7 heteroatoms. The van der Waals surface area contributed by atoms with E-state index in [0.29, 0.717) is 36.7 Å². The average Bonchev–Trinajstić information content (AvgIpc) is 2.89. The third-order valence-corrected chi connectivity index (χ3v) is 7.94. The van der Waals surface area contributed by atoms with E-state index in [0.717, 1.165) is 57.8 Å². The molecule has 2 atom stereocenters. The highest BCUT2D eigenvalue weighted by Gasteiger charge is 2.50. The molecule has 0 bridgehead atoms. The van der Waals surface area contributed by atoms with Crippen LogP contribution < -0.4 is 5.32 Å². The lowest BCUT2D eigenvalue weighted by molar-refractivity contribution is -0.972. The second kappa shape index (κ2) is 10.9. The highest BCUT2D eigenvalue weighted by molar-refractivity contribution is 5.91. The summed E-state index contributed by atoms with van der Waals surface area (Å²) in [6, 6.07) is 6.81. The lowest BCUT2D eigenvalue weighted by Gasteiger charge is -2.50. The molecule has 33 heavy (non-hydrogen) atoms. The summed E-state index contributed by atoms with van der Waals surface area (Å²) in [7, 11) is 0. The lowest BCUT2D eigenvalue weighted by Crippen LogP contribution is -2.69. The second-order valence-electron chi connectivity index (χ2n) is 9.79. The van der Waals surface area contributed by atoms with Gasteiger partial charge in [-0.25, -0.2) is 4.79 Å². The minimum absolute atomic E-state index is 0.0265. The van der Waals surface area contributed by atoms with Crippen molar-refractivity contribution in [3.8, 4) is 0 Å². The molecule has 4 rings (SSSR count). The number of quaternary nitrogens is 1. The van der Waals surface area contributed by atoms with Gasteiger partial charge in [-0.1, -0.05) is 12.1 Å². The molecule has 3 saturated heterocycles. The van der Waals surface area contributed by atoms with Crippen LogP contribution in [0.1, 0.15) is 61.4 Å². The maximum atomic E-state index is 14.0. The fraction of sp³-hybridized carbons (Fsp3) is 0.654. The van der Waals surface area contributed by atoms with Gasteiger partial charge in [0, 0.05) is 18.7 Å². The Labute approximate surface area is 197 Å². The molecule has 3 aliphatic rings. The number of carbonyl (C=O) groups excluding carboxylic acids is 3. The van der Waals surface area contributed by atoms with Crippen LogP contribution in [0.3, 0.4) is 0 Å². The third kappa shape index (κ3) is 5.20. The Balaban J connectivity index is 1.58. The van der Waals surface area contributed by atoms with Crippen LogP contribution in [0.2, 0.25) is 0 Å². The summed E-state index contributed by atoms with van der Waals surface area (Å²) >= 11 is 0. The number of nitrogens with zero attached hydrogens (tertiary/aromatic N) is 2. The summed E-state index contributed by atoms with van der Waals surface area (Å²) in [6.45, 7) is 7.21. The van der Waals surface area contributed by atoms with Crippen molar-refractivity contribution in [1.82, 2.24) is 10.3 Å². The van der Waals surface area contributed by atoms with Gasteiger partial charge in [0.15, 0.2) is 0 Å². The summed E-state index contributed by atoms with van der Waals surface area (Å²) in [5, 5.41) is 5.77. The molecule has 0 aliphatic carbocycles. The number of rotatable bonds is 6. The summed E-state index contributed by atoms with van der Waals surface area (Å²) in [4.78, 5) is 37.9. The number of amides is 1. The lowest BCUT2D eigenvalue weighted by atomic mass is 9.79. The highest BCUT2D eigenvalue weighted by Crippen LogP contribution is 2.36. The highest BCUT2D eigenvalue weighted by atomic mass is 16.5. The maximum absolute atomic E-state index is 14.0. The smallest absolute Gasteiger partial charge is 0.365 e. The van der Waals surface area contributed by atoms with E-state index in [4.69, 9.17) is 4.74 Å². The number of hydrogen-bond donors (Lipinski definition) is 1. The molecule has 0 aromatic heterocycles. The molecule has 0 saturated carbocycles. The van der Waals surface area contributed by atoms with Crippen molar-refractivity contribution in [1.29, 1.82) is 0 Å². The van der Waals surface area contributed by atoms with Gasteiger partial charge in [0.25, 0.3) is 0 Å². The van der Waals surface area contributed by atoms with Crippen LogP contribution in [0.4, 0.5) is 0 Å². The van der Waals surface area contributed by atoms with Crippen molar-refractivity contribution >= 4 is 18.2 Å². The number of hydrogen-bond acceptors (Lipinski definition) is 6. The van der Waals surface area contributed by atoms with E-state index >= 15 is 0 Å². The molecule has 1 aromatic rings. The molecular weight excluding hydrogens is 418 g/mol. The van der Waals surface area contributed by atoms with E-state index in [9.17, 15) is 14.4 Å². The first kappa shape index (κ1) is 24.0. The number of carbonyl (C=O) groups is 2. The topological polar surface area (TPSA) is 75.7 Å². The van der Waals surface area contributed by atoms with Crippen LogP contribution >= 0.6 is 0 Å². The molecular formula is C26H37N3O4+. The Morgan fingerprint density at radius 2 is 1.85 bits per heavy atom. The fourth-order valence-electron chi connectivity index (χ4n) is 6.18. The van der Waals surface area contributed by atoms with Crippen molar-refractivity contribution in [2.75, 3.05) is 45.9 Å². The summed E-state index contributed by atoms with van der Waals surface area (Å²) in [5.74, 6) is 0.960. The Morgan fingerprint density at radius 3 is 2.55 bits per heavy atom. The fourth-order valence-corrected chi connectivity index (χ4v) is 6.18. The standard InChI is InChI=1S/C26H37N3O4/c1-2-33-26(32)24-7-4-16-29(18-24,25(31)23-6-3-5-20(17-23)19-30)28-14-10-22(11-15-28)21-8-12-27-13-9-21/h3,5-6,17,21-22,24,27H,2,4,7-16,18H2,1H3/q+1. The average molecular weight is 456 g/mol. The van der Waals surface area contributed by atoms with E-state index in [2.05, 4.69) is 10.3 Å². The van der Waals surface area contributed by atoms with Gasteiger partial charge in [0.1, 0.15) is 19.0 Å². The number of piperidine rings is 3. The van der Waals surface area contributed by atoms with Crippen molar-refractivity contribution in [2.24, 2.45) is 17.8 Å². The van der Waals surface area contributed by atoms with Gasteiger partial charge >= 0.3 is 11.9 Å². The normalized spacial score (nSPS) is 27.7. The summed E-state index contributed by atoms with van der Waals surface area (Å²) < 4.78 is 5.50. The number of nitrogens with one attached hydrogen (secondary N) is 1. The van der Waals surface area contributed by atoms with E-state index in [1.54, 1.807) is 24.3 Å². The molecule has 3 aliphatic heterocycles. The zero-order chi connectivity index (χ0) is 23.3.